The number of sulfonamides is 1. The van der Waals surface area contributed by atoms with Crippen LogP contribution in [-0.4, -0.2) is 60.1 Å². The average molecular weight is 423 g/mol. The van der Waals surface area contributed by atoms with Crippen molar-refractivity contribution in [3.05, 3.63) is 48.0 Å². The molecule has 8 nitrogen and oxygen atoms in total. The van der Waals surface area contributed by atoms with Crippen molar-refractivity contribution in [3.63, 3.8) is 0 Å². The Labute approximate surface area is 171 Å². The summed E-state index contributed by atoms with van der Waals surface area (Å²) in [7, 11) is 2.59. The first-order valence-corrected chi connectivity index (χ1v) is 10.3. The van der Waals surface area contributed by atoms with E-state index in [1.165, 1.54) is 38.4 Å². The zero-order chi connectivity index (χ0) is 21.4. The first-order valence-electron chi connectivity index (χ1n) is 8.91. The minimum atomic E-state index is -3.49. The van der Waals surface area contributed by atoms with Crippen LogP contribution >= 0.6 is 0 Å². The smallest absolute Gasteiger partial charge is 0.257 e. The van der Waals surface area contributed by atoms with Crippen LogP contribution in [0.1, 0.15) is 5.56 Å². The number of carbonyl (C=O) groups is 1. The molecule has 0 saturated heterocycles. The quantitative estimate of drug-likeness (QED) is 0.626. The normalized spacial score (nSPS) is 11.2. The molecule has 0 spiro atoms. The molecule has 158 valence electrons. The summed E-state index contributed by atoms with van der Waals surface area (Å²) >= 11 is 0. The number of benzene rings is 2. The van der Waals surface area contributed by atoms with Crippen molar-refractivity contribution in [1.29, 1.82) is 0 Å². The Balaban J connectivity index is 1.80. The number of hydrogen-bond donors (Lipinski definition) is 1. The Bertz CT molecular complexity index is 926. The number of rotatable bonds is 10. The molecule has 0 aliphatic rings. The molecule has 9 heteroatoms. The van der Waals surface area contributed by atoms with Gasteiger partial charge in [-0.2, -0.15) is 0 Å². The Morgan fingerprint density at radius 1 is 1.00 bits per heavy atom. The van der Waals surface area contributed by atoms with Crippen LogP contribution in [0.15, 0.2) is 47.4 Å². The number of ether oxygens (including phenoxy) is 3. The highest BCUT2D eigenvalue weighted by molar-refractivity contribution is 7.89. The lowest BCUT2D eigenvalue weighted by atomic mass is 10.1. The standard InChI is InChI=1S/C20H26N2O6S/c1-22(2)29(24,25)17-8-6-16(7-9-17)28-14-20(23)21-12-11-15-5-10-18(26-3)19(13-15)27-4/h5-10,13H,11-12,14H2,1-4H3,(H,21,23). The third kappa shape index (κ3) is 6.10. The van der Waals surface area contributed by atoms with Crippen molar-refractivity contribution in [2.45, 2.75) is 11.3 Å². The molecule has 2 aromatic rings. The molecule has 0 unspecified atom stereocenters. The van der Waals surface area contributed by atoms with Gasteiger partial charge in [0, 0.05) is 20.6 Å². The van der Waals surface area contributed by atoms with Crippen molar-refractivity contribution < 1.29 is 27.4 Å². The summed E-state index contributed by atoms with van der Waals surface area (Å²) in [5.74, 6) is 1.44. The minimum absolute atomic E-state index is 0.161. The lowest BCUT2D eigenvalue weighted by Crippen LogP contribution is -2.30. The van der Waals surface area contributed by atoms with Crippen LogP contribution in [0.3, 0.4) is 0 Å². The minimum Gasteiger partial charge on any atom is -0.493 e. The molecular formula is C20H26N2O6S. The van der Waals surface area contributed by atoms with Gasteiger partial charge in [-0.3, -0.25) is 4.79 Å². The van der Waals surface area contributed by atoms with E-state index in [1.54, 1.807) is 14.2 Å². The monoisotopic (exact) mass is 422 g/mol. The molecular weight excluding hydrogens is 396 g/mol. The summed E-state index contributed by atoms with van der Waals surface area (Å²) in [5.41, 5.74) is 1.00. The lowest BCUT2D eigenvalue weighted by molar-refractivity contribution is -0.123. The largest absolute Gasteiger partial charge is 0.493 e. The summed E-state index contributed by atoms with van der Waals surface area (Å²) in [6.45, 7) is 0.281. The van der Waals surface area contributed by atoms with Crippen molar-refractivity contribution >= 4 is 15.9 Å². The SMILES string of the molecule is COc1ccc(CCNC(=O)COc2ccc(S(=O)(=O)N(C)C)cc2)cc1OC. The maximum atomic E-state index is 12.0. The number of amides is 1. The van der Waals surface area contributed by atoms with Gasteiger partial charge in [-0.25, -0.2) is 12.7 Å². The fourth-order valence-corrected chi connectivity index (χ4v) is 3.40. The summed E-state index contributed by atoms with van der Waals surface area (Å²) in [5, 5.41) is 2.78. The Hall–Kier alpha value is -2.78. The molecule has 0 radical (unpaired) electrons. The molecule has 1 N–H and O–H groups in total. The molecule has 1 amide bonds. The zero-order valence-electron chi connectivity index (χ0n) is 17.0. The van der Waals surface area contributed by atoms with Crippen LogP contribution in [0.25, 0.3) is 0 Å². The van der Waals surface area contributed by atoms with Crippen molar-refractivity contribution in [1.82, 2.24) is 9.62 Å². The number of methoxy groups -OCH3 is 2. The van der Waals surface area contributed by atoms with E-state index in [4.69, 9.17) is 14.2 Å². The van der Waals surface area contributed by atoms with Gasteiger partial charge in [-0.15, -0.1) is 0 Å². The van der Waals surface area contributed by atoms with E-state index in [-0.39, 0.29) is 17.4 Å². The van der Waals surface area contributed by atoms with Crippen LogP contribution in [0.5, 0.6) is 17.2 Å². The van der Waals surface area contributed by atoms with Crippen molar-refractivity contribution in [3.8, 4) is 17.2 Å². The van der Waals surface area contributed by atoms with Gasteiger partial charge in [0.2, 0.25) is 10.0 Å². The topological polar surface area (TPSA) is 94.2 Å². The summed E-state index contributed by atoms with van der Waals surface area (Å²) < 4.78 is 41.1. The van der Waals surface area contributed by atoms with Crippen LogP contribution in [0, 0.1) is 0 Å². The van der Waals surface area contributed by atoms with Gasteiger partial charge in [0.1, 0.15) is 5.75 Å². The maximum absolute atomic E-state index is 12.0. The van der Waals surface area contributed by atoms with Gasteiger partial charge in [0.15, 0.2) is 18.1 Å². The van der Waals surface area contributed by atoms with E-state index in [2.05, 4.69) is 5.32 Å². The average Bonchev–Trinajstić information content (AvgIpc) is 2.72. The number of nitrogens with zero attached hydrogens (tertiary/aromatic N) is 1. The van der Waals surface area contributed by atoms with E-state index in [0.29, 0.717) is 30.2 Å². The molecule has 2 rings (SSSR count). The predicted molar refractivity (Wildman–Crippen MR) is 109 cm³/mol. The second-order valence-corrected chi connectivity index (χ2v) is 8.49. The van der Waals surface area contributed by atoms with E-state index in [1.807, 2.05) is 18.2 Å². The molecule has 0 bridgehead atoms. The molecule has 0 aromatic heterocycles. The number of hydrogen-bond acceptors (Lipinski definition) is 6. The van der Waals surface area contributed by atoms with Crippen LogP contribution < -0.4 is 19.5 Å². The van der Waals surface area contributed by atoms with Crippen LogP contribution in [0.2, 0.25) is 0 Å². The van der Waals surface area contributed by atoms with Gasteiger partial charge in [-0.1, -0.05) is 6.07 Å². The fraction of sp³-hybridized carbons (Fsp3) is 0.350. The summed E-state index contributed by atoms with van der Waals surface area (Å²) in [4.78, 5) is 12.1. The summed E-state index contributed by atoms with van der Waals surface area (Å²) in [6, 6.07) is 11.5. The first kappa shape index (κ1) is 22.5. The molecule has 2 aromatic carbocycles. The Kier molecular flexibility index (Phi) is 7.86. The van der Waals surface area contributed by atoms with Crippen molar-refractivity contribution in [2.75, 3.05) is 41.5 Å². The molecule has 0 atom stereocenters. The maximum Gasteiger partial charge on any atom is 0.257 e. The number of carbonyl (C=O) groups excluding carboxylic acids is 1. The summed E-state index contributed by atoms with van der Waals surface area (Å²) in [6.07, 6.45) is 0.628. The molecule has 0 heterocycles. The molecule has 0 fully saturated rings. The molecule has 0 aliphatic carbocycles. The predicted octanol–water partition coefficient (Wildman–Crippen LogP) is 1.69. The number of nitrogens with one attached hydrogen (secondary N) is 1. The van der Waals surface area contributed by atoms with E-state index < -0.39 is 10.0 Å². The Morgan fingerprint density at radius 3 is 2.24 bits per heavy atom. The first-order chi connectivity index (χ1) is 13.8. The van der Waals surface area contributed by atoms with Crippen LogP contribution in [-0.2, 0) is 21.2 Å². The zero-order valence-corrected chi connectivity index (χ0v) is 17.8. The van der Waals surface area contributed by atoms with Gasteiger partial charge in [0.05, 0.1) is 19.1 Å². The third-order valence-corrected chi connectivity index (χ3v) is 5.99. The fourth-order valence-electron chi connectivity index (χ4n) is 2.50. The second kappa shape index (κ2) is 10.1. The highest BCUT2D eigenvalue weighted by atomic mass is 32.2. The molecule has 29 heavy (non-hydrogen) atoms. The third-order valence-electron chi connectivity index (χ3n) is 4.16. The molecule has 0 aliphatic heterocycles. The highest BCUT2D eigenvalue weighted by Gasteiger charge is 2.16. The van der Waals surface area contributed by atoms with Gasteiger partial charge >= 0.3 is 0 Å². The van der Waals surface area contributed by atoms with E-state index in [9.17, 15) is 13.2 Å². The molecule has 0 saturated carbocycles. The van der Waals surface area contributed by atoms with Gasteiger partial charge < -0.3 is 19.5 Å². The van der Waals surface area contributed by atoms with Gasteiger partial charge in [-0.05, 0) is 48.4 Å². The highest BCUT2D eigenvalue weighted by Crippen LogP contribution is 2.27. The van der Waals surface area contributed by atoms with Crippen molar-refractivity contribution in [2.24, 2.45) is 0 Å². The van der Waals surface area contributed by atoms with Gasteiger partial charge in [0.25, 0.3) is 5.91 Å². The Morgan fingerprint density at radius 2 is 1.66 bits per heavy atom. The second-order valence-electron chi connectivity index (χ2n) is 6.34. The van der Waals surface area contributed by atoms with Crippen LogP contribution in [0.4, 0.5) is 0 Å². The lowest BCUT2D eigenvalue weighted by Gasteiger charge is -2.12. The van der Waals surface area contributed by atoms with E-state index in [0.717, 1.165) is 9.87 Å². The van der Waals surface area contributed by atoms with E-state index >= 15 is 0 Å².